The van der Waals surface area contributed by atoms with Crippen molar-refractivity contribution < 1.29 is 18.0 Å². The fraction of sp³-hybridized carbons (Fsp3) is 0.588. The van der Waals surface area contributed by atoms with E-state index in [1.165, 1.54) is 24.3 Å². The van der Waals surface area contributed by atoms with Crippen molar-refractivity contribution in [3.05, 3.63) is 35.4 Å². The van der Waals surface area contributed by atoms with Crippen molar-refractivity contribution >= 4 is 17.7 Å². The molecule has 1 amide bonds. The van der Waals surface area contributed by atoms with Crippen LogP contribution in [0.15, 0.2) is 24.3 Å². The first-order valence-electron chi connectivity index (χ1n) is 8.23. The smallest absolute Gasteiger partial charge is 0.337 e. The summed E-state index contributed by atoms with van der Waals surface area (Å²) in [5.74, 6) is 2.03. The molecule has 1 unspecified atom stereocenters. The van der Waals surface area contributed by atoms with Gasteiger partial charge >= 0.3 is 6.18 Å². The first kappa shape index (κ1) is 17.6. The van der Waals surface area contributed by atoms with E-state index in [1.54, 1.807) is 4.90 Å². The molecule has 1 aromatic rings. The third-order valence-electron chi connectivity index (χ3n) is 4.68. The van der Waals surface area contributed by atoms with Gasteiger partial charge < -0.3 is 4.90 Å². The van der Waals surface area contributed by atoms with E-state index in [4.69, 9.17) is 0 Å². The van der Waals surface area contributed by atoms with Gasteiger partial charge in [-0.3, -0.25) is 9.69 Å². The molecule has 0 radical (unpaired) electrons. The maximum atomic E-state index is 12.8. The number of rotatable bonds is 2. The molecule has 1 atom stereocenters. The summed E-state index contributed by atoms with van der Waals surface area (Å²) in [6, 6.07) is 5.31. The fourth-order valence-electron chi connectivity index (χ4n) is 3.33. The van der Waals surface area contributed by atoms with E-state index in [-0.39, 0.29) is 11.5 Å². The lowest BCUT2D eigenvalue weighted by Gasteiger charge is -2.26. The summed E-state index contributed by atoms with van der Waals surface area (Å²) in [7, 11) is 0. The zero-order valence-corrected chi connectivity index (χ0v) is 14.2. The minimum absolute atomic E-state index is 0.120. The van der Waals surface area contributed by atoms with Gasteiger partial charge in [-0.1, -0.05) is 6.07 Å². The summed E-state index contributed by atoms with van der Waals surface area (Å²) < 4.78 is 38.5. The van der Waals surface area contributed by atoms with Gasteiger partial charge in [-0.25, -0.2) is 0 Å². The predicted octanol–water partition coefficient (Wildman–Crippen LogP) is 3.36. The van der Waals surface area contributed by atoms with Crippen molar-refractivity contribution in [2.24, 2.45) is 0 Å². The number of carbonyl (C=O) groups excluding carboxylic acids is 1. The van der Waals surface area contributed by atoms with Gasteiger partial charge in [-0.05, 0) is 36.8 Å². The van der Waals surface area contributed by atoms with Crippen molar-refractivity contribution in [3.63, 3.8) is 0 Å². The zero-order valence-electron chi connectivity index (χ0n) is 13.4. The number of nitrogens with zero attached hydrogens (tertiary/aromatic N) is 2. The molecule has 3 nitrogen and oxygen atoms in total. The molecule has 2 fully saturated rings. The van der Waals surface area contributed by atoms with Gasteiger partial charge in [0.1, 0.15) is 0 Å². The van der Waals surface area contributed by atoms with Crippen molar-refractivity contribution in [2.75, 3.05) is 37.7 Å². The summed E-state index contributed by atoms with van der Waals surface area (Å²) in [6.45, 7) is 2.94. The first-order valence-corrected chi connectivity index (χ1v) is 9.39. The van der Waals surface area contributed by atoms with Crippen LogP contribution in [0.2, 0.25) is 0 Å². The Balaban J connectivity index is 1.67. The molecule has 7 heteroatoms. The number of thioether (sulfide) groups is 1. The molecule has 2 heterocycles. The molecule has 0 N–H and O–H groups in total. The van der Waals surface area contributed by atoms with Gasteiger partial charge in [0.15, 0.2) is 0 Å². The van der Waals surface area contributed by atoms with Crippen molar-refractivity contribution in [2.45, 2.75) is 25.1 Å². The van der Waals surface area contributed by atoms with Crippen molar-refractivity contribution in [1.82, 2.24) is 9.80 Å². The summed E-state index contributed by atoms with van der Waals surface area (Å²) in [5.41, 5.74) is -0.650. The monoisotopic (exact) mass is 358 g/mol. The Bertz CT molecular complexity index is 587. The summed E-state index contributed by atoms with van der Waals surface area (Å²) in [6.07, 6.45) is -2.37. The molecule has 24 heavy (non-hydrogen) atoms. The number of hydrogen-bond donors (Lipinski definition) is 0. The van der Waals surface area contributed by atoms with Gasteiger partial charge in [0, 0.05) is 43.5 Å². The van der Waals surface area contributed by atoms with Gasteiger partial charge in [0.05, 0.1) is 5.56 Å². The standard InChI is InChI=1S/C17H21F3N2OS/c18-17(19,20)14-4-1-3-13(11-14)16(23)22-7-2-6-21(8-9-22)15-5-10-24-12-15/h1,3-4,11,15H,2,5-10,12H2. The van der Waals surface area contributed by atoms with Gasteiger partial charge in [0.2, 0.25) is 0 Å². The highest BCUT2D eigenvalue weighted by Gasteiger charge is 2.32. The summed E-state index contributed by atoms with van der Waals surface area (Å²) >= 11 is 1.96. The van der Waals surface area contributed by atoms with E-state index in [1.807, 2.05) is 11.8 Å². The Hall–Kier alpha value is -1.21. The molecule has 1 aromatic carbocycles. The van der Waals surface area contributed by atoms with Crippen LogP contribution < -0.4 is 0 Å². The number of halogens is 3. The highest BCUT2D eigenvalue weighted by Crippen LogP contribution is 2.30. The van der Waals surface area contributed by atoms with Crippen LogP contribution in [0.4, 0.5) is 13.2 Å². The van der Waals surface area contributed by atoms with Crippen LogP contribution in [0, 0.1) is 0 Å². The zero-order chi connectivity index (χ0) is 17.2. The van der Waals surface area contributed by atoms with E-state index >= 15 is 0 Å². The molecular formula is C17H21F3N2OS. The van der Waals surface area contributed by atoms with Crippen molar-refractivity contribution in [3.8, 4) is 0 Å². The molecule has 3 rings (SSSR count). The highest BCUT2D eigenvalue weighted by molar-refractivity contribution is 7.99. The predicted molar refractivity (Wildman–Crippen MR) is 89.3 cm³/mol. The number of amides is 1. The van der Waals surface area contributed by atoms with Crippen LogP contribution in [0.1, 0.15) is 28.8 Å². The van der Waals surface area contributed by atoms with Gasteiger partial charge in [0.25, 0.3) is 5.91 Å². The molecule has 0 aliphatic carbocycles. The molecule has 2 saturated heterocycles. The fourth-order valence-corrected chi connectivity index (χ4v) is 4.58. The maximum Gasteiger partial charge on any atom is 0.416 e. The molecule has 0 aromatic heterocycles. The quantitative estimate of drug-likeness (QED) is 0.810. The second-order valence-corrected chi connectivity index (χ2v) is 7.43. The molecule has 2 aliphatic heterocycles. The molecular weight excluding hydrogens is 337 g/mol. The minimum Gasteiger partial charge on any atom is -0.337 e. The lowest BCUT2D eigenvalue weighted by atomic mass is 10.1. The Morgan fingerprint density at radius 1 is 1.17 bits per heavy atom. The number of benzene rings is 1. The van der Waals surface area contributed by atoms with Crippen LogP contribution in [-0.4, -0.2) is 59.4 Å². The Kier molecular flexibility index (Phi) is 5.39. The number of hydrogen-bond acceptors (Lipinski definition) is 3. The third kappa shape index (κ3) is 4.06. The van der Waals surface area contributed by atoms with E-state index in [0.717, 1.165) is 37.4 Å². The highest BCUT2D eigenvalue weighted by atomic mass is 32.2. The SMILES string of the molecule is O=C(c1cccc(C(F)(F)F)c1)N1CCCN(C2CCSC2)CC1. The van der Waals surface area contributed by atoms with Crippen LogP contribution >= 0.6 is 11.8 Å². The van der Waals surface area contributed by atoms with Crippen LogP contribution in [0.3, 0.4) is 0 Å². The second-order valence-electron chi connectivity index (χ2n) is 6.28. The third-order valence-corrected chi connectivity index (χ3v) is 5.82. The normalized spacial score (nSPS) is 23.3. The van der Waals surface area contributed by atoms with Crippen LogP contribution in [0.25, 0.3) is 0 Å². The first-order chi connectivity index (χ1) is 11.4. The molecule has 2 aliphatic rings. The molecule has 0 spiro atoms. The van der Waals surface area contributed by atoms with Crippen LogP contribution in [0.5, 0.6) is 0 Å². The number of carbonyl (C=O) groups is 1. The molecule has 132 valence electrons. The lowest BCUT2D eigenvalue weighted by Crippen LogP contribution is -2.39. The van der Waals surface area contributed by atoms with E-state index in [9.17, 15) is 18.0 Å². The Morgan fingerprint density at radius 2 is 2.00 bits per heavy atom. The molecule has 0 bridgehead atoms. The lowest BCUT2D eigenvalue weighted by molar-refractivity contribution is -0.137. The van der Waals surface area contributed by atoms with Crippen LogP contribution in [-0.2, 0) is 6.18 Å². The Labute approximate surface area is 144 Å². The van der Waals surface area contributed by atoms with Crippen molar-refractivity contribution in [1.29, 1.82) is 0 Å². The topological polar surface area (TPSA) is 23.6 Å². The maximum absolute atomic E-state index is 12.8. The average Bonchev–Trinajstić information content (AvgIpc) is 2.98. The van der Waals surface area contributed by atoms with E-state index in [0.29, 0.717) is 19.1 Å². The second kappa shape index (κ2) is 7.35. The number of alkyl halides is 3. The summed E-state index contributed by atoms with van der Waals surface area (Å²) in [4.78, 5) is 16.7. The van der Waals surface area contributed by atoms with Gasteiger partial charge in [-0.15, -0.1) is 0 Å². The summed E-state index contributed by atoms with van der Waals surface area (Å²) in [5, 5.41) is 0. The molecule has 0 saturated carbocycles. The largest absolute Gasteiger partial charge is 0.416 e. The minimum atomic E-state index is -4.42. The average molecular weight is 358 g/mol. The Morgan fingerprint density at radius 3 is 2.71 bits per heavy atom. The van der Waals surface area contributed by atoms with E-state index in [2.05, 4.69) is 4.90 Å². The van der Waals surface area contributed by atoms with E-state index < -0.39 is 11.7 Å². The van der Waals surface area contributed by atoms with Gasteiger partial charge in [-0.2, -0.15) is 24.9 Å².